The van der Waals surface area contributed by atoms with Crippen molar-refractivity contribution in [3.63, 3.8) is 0 Å². The van der Waals surface area contributed by atoms with E-state index < -0.39 is 0 Å². The van der Waals surface area contributed by atoms with E-state index in [1.807, 2.05) is 0 Å². The first kappa shape index (κ1) is 12.6. The van der Waals surface area contributed by atoms with Crippen molar-refractivity contribution in [3.05, 3.63) is 46.9 Å². The summed E-state index contributed by atoms with van der Waals surface area (Å²) in [4.78, 5) is 9.57. The summed E-state index contributed by atoms with van der Waals surface area (Å²) in [6.45, 7) is 0.374. The molecule has 2 aromatic rings. The molecule has 1 aromatic carbocycles. The SMILES string of the molecule is CN(Cc1ccccc1F)c1cc(Cl)nc(N)n1. The molecule has 0 aliphatic carbocycles. The number of aromatic nitrogens is 2. The molecule has 0 amide bonds. The number of nitrogens with zero attached hydrogens (tertiary/aromatic N) is 3. The molecular weight excluding hydrogens is 255 g/mol. The number of nitrogen functional groups attached to an aromatic ring is 1. The fourth-order valence-corrected chi connectivity index (χ4v) is 1.77. The minimum absolute atomic E-state index is 0.0953. The fourth-order valence-electron chi connectivity index (χ4n) is 1.58. The van der Waals surface area contributed by atoms with E-state index in [0.717, 1.165) is 0 Å². The molecule has 0 spiro atoms. The second kappa shape index (κ2) is 5.18. The van der Waals surface area contributed by atoms with Crippen LogP contribution in [0.1, 0.15) is 5.56 Å². The number of hydrogen-bond donors (Lipinski definition) is 1. The van der Waals surface area contributed by atoms with Crippen LogP contribution in [-0.4, -0.2) is 17.0 Å². The number of hydrogen-bond acceptors (Lipinski definition) is 4. The monoisotopic (exact) mass is 266 g/mol. The van der Waals surface area contributed by atoms with Crippen molar-refractivity contribution < 1.29 is 4.39 Å². The number of halogens is 2. The van der Waals surface area contributed by atoms with Crippen molar-refractivity contribution in [2.24, 2.45) is 0 Å². The number of benzene rings is 1. The molecule has 4 nitrogen and oxygen atoms in total. The van der Waals surface area contributed by atoms with Crippen LogP contribution in [0.3, 0.4) is 0 Å². The Balaban J connectivity index is 2.22. The van der Waals surface area contributed by atoms with Gasteiger partial charge in [-0.25, -0.2) is 9.37 Å². The highest BCUT2D eigenvalue weighted by molar-refractivity contribution is 6.29. The molecule has 18 heavy (non-hydrogen) atoms. The highest BCUT2D eigenvalue weighted by Crippen LogP contribution is 2.18. The summed E-state index contributed by atoms with van der Waals surface area (Å²) >= 11 is 5.80. The molecule has 94 valence electrons. The maximum absolute atomic E-state index is 13.5. The Hall–Kier alpha value is -1.88. The van der Waals surface area contributed by atoms with Crippen molar-refractivity contribution in [3.8, 4) is 0 Å². The molecule has 2 N–H and O–H groups in total. The molecule has 1 heterocycles. The minimum atomic E-state index is -0.252. The lowest BCUT2D eigenvalue weighted by molar-refractivity contribution is 0.607. The van der Waals surface area contributed by atoms with Crippen LogP contribution in [0.5, 0.6) is 0 Å². The van der Waals surface area contributed by atoms with Gasteiger partial charge in [0.25, 0.3) is 0 Å². The smallest absolute Gasteiger partial charge is 0.223 e. The van der Waals surface area contributed by atoms with Gasteiger partial charge in [-0.3, -0.25) is 0 Å². The van der Waals surface area contributed by atoms with Gasteiger partial charge in [0.1, 0.15) is 16.8 Å². The third-order valence-electron chi connectivity index (χ3n) is 2.46. The van der Waals surface area contributed by atoms with Crippen molar-refractivity contribution in [1.29, 1.82) is 0 Å². The fraction of sp³-hybridized carbons (Fsp3) is 0.167. The molecule has 0 aliphatic heterocycles. The van der Waals surface area contributed by atoms with Gasteiger partial charge in [-0.05, 0) is 6.07 Å². The van der Waals surface area contributed by atoms with Gasteiger partial charge in [-0.2, -0.15) is 4.98 Å². The molecule has 6 heteroatoms. The van der Waals surface area contributed by atoms with E-state index >= 15 is 0 Å². The summed E-state index contributed by atoms with van der Waals surface area (Å²) < 4.78 is 13.5. The zero-order valence-electron chi connectivity index (χ0n) is 9.77. The van der Waals surface area contributed by atoms with E-state index in [9.17, 15) is 4.39 Å². The lowest BCUT2D eigenvalue weighted by Crippen LogP contribution is -2.19. The summed E-state index contributed by atoms with van der Waals surface area (Å²) in [5.41, 5.74) is 6.09. The van der Waals surface area contributed by atoms with Gasteiger partial charge < -0.3 is 10.6 Å². The summed E-state index contributed by atoms with van der Waals surface area (Å²) in [6.07, 6.45) is 0. The number of nitrogens with two attached hydrogens (primary N) is 1. The maximum Gasteiger partial charge on any atom is 0.223 e. The molecule has 0 saturated carbocycles. The average Bonchev–Trinajstić information content (AvgIpc) is 2.31. The summed E-state index contributed by atoms with van der Waals surface area (Å²) in [5.74, 6) is 0.395. The van der Waals surface area contributed by atoms with Crippen LogP contribution in [0.25, 0.3) is 0 Å². The molecule has 1 aromatic heterocycles. The lowest BCUT2D eigenvalue weighted by Gasteiger charge is -2.18. The first-order valence-electron chi connectivity index (χ1n) is 5.31. The van der Waals surface area contributed by atoms with E-state index in [1.165, 1.54) is 6.07 Å². The molecule has 0 aliphatic rings. The van der Waals surface area contributed by atoms with Gasteiger partial charge in [0.05, 0.1) is 0 Å². The zero-order valence-corrected chi connectivity index (χ0v) is 10.5. The summed E-state index contributed by atoms with van der Waals surface area (Å²) in [6, 6.07) is 8.16. The maximum atomic E-state index is 13.5. The molecule has 0 fully saturated rings. The van der Waals surface area contributed by atoms with Crippen molar-refractivity contribution >= 4 is 23.4 Å². The second-order valence-corrected chi connectivity index (χ2v) is 4.24. The summed E-state index contributed by atoms with van der Waals surface area (Å²) in [5, 5.41) is 0.262. The molecule has 0 radical (unpaired) electrons. The number of rotatable bonds is 3. The van der Waals surface area contributed by atoms with Gasteiger partial charge in [-0.1, -0.05) is 29.8 Å². The Morgan fingerprint density at radius 1 is 1.33 bits per heavy atom. The zero-order chi connectivity index (χ0) is 13.1. The quantitative estimate of drug-likeness (QED) is 0.867. The topological polar surface area (TPSA) is 55.0 Å². The van der Waals surface area contributed by atoms with E-state index in [0.29, 0.717) is 17.9 Å². The minimum Gasteiger partial charge on any atom is -0.368 e. The van der Waals surface area contributed by atoms with Crippen LogP contribution in [0.15, 0.2) is 30.3 Å². The van der Waals surface area contributed by atoms with Crippen LogP contribution >= 0.6 is 11.6 Å². The lowest BCUT2D eigenvalue weighted by atomic mass is 10.2. The Kier molecular flexibility index (Phi) is 3.62. The molecule has 0 saturated heterocycles. The van der Waals surface area contributed by atoms with Gasteiger partial charge in [0.2, 0.25) is 5.95 Å². The van der Waals surface area contributed by atoms with Gasteiger partial charge in [0.15, 0.2) is 0 Å². The Morgan fingerprint density at radius 3 is 2.72 bits per heavy atom. The van der Waals surface area contributed by atoms with Crippen LogP contribution in [0, 0.1) is 5.82 Å². The third kappa shape index (κ3) is 2.87. The highest BCUT2D eigenvalue weighted by atomic mass is 35.5. The van der Waals surface area contributed by atoms with E-state index in [-0.39, 0.29) is 16.9 Å². The molecular formula is C12H12ClFN4. The number of anilines is 2. The normalized spacial score (nSPS) is 10.4. The molecule has 2 rings (SSSR count). The first-order chi connectivity index (χ1) is 8.56. The molecule has 0 atom stereocenters. The van der Waals surface area contributed by atoms with Crippen LogP contribution in [-0.2, 0) is 6.54 Å². The van der Waals surface area contributed by atoms with E-state index in [4.69, 9.17) is 17.3 Å². The van der Waals surface area contributed by atoms with Gasteiger partial charge >= 0.3 is 0 Å². The Bertz CT molecular complexity index is 541. The van der Waals surface area contributed by atoms with Crippen LogP contribution in [0.4, 0.5) is 16.2 Å². The first-order valence-corrected chi connectivity index (χ1v) is 5.68. The Morgan fingerprint density at radius 2 is 2.06 bits per heavy atom. The van der Waals surface area contributed by atoms with E-state index in [2.05, 4.69) is 9.97 Å². The largest absolute Gasteiger partial charge is 0.368 e. The van der Waals surface area contributed by atoms with Crippen molar-refractivity contribution in [2.45, 2.75) is 6.54 Å². The average molecular weight is 267 g/mol. The standard InChI is InChI=1S/C12H12ClFN4/c1-18(7-8-4-2-3-5-9(8)14)11-6-10(13)16-12(15)17-11/h2-6H,7H2,1H3,(H2,15,16,17). The van der Waals surface area contributed by atoms with Crippen molar-refractivity contribution in [1.82, 2.24) is 9.97 Å². The Labute approximate surface area is 109 Å². The van der Waals surface area contributed by atoms with Gasteiger partial charge in [-0.15, -0.1) is 0 Å². The van der Waals surface area contributed by atoms with Crippen LogP contribution < -0.4 is 10.6 Å². The molecule has 0 unspecified atom stereocenters. The van der Waals surface area contributed by atoms with Crippen LogP contribution in [0.2, 0.25) is 5.15 Å². The third-order valence-corrected chi connectivity index (χ3v) is 2.65. The molecule has 0 bridgehead atoms. The van der Waals surface area contributed by atoms with E-state index in [1.54, 1.807) is 36.2 Å². The van der Waals surface area contributed by atoms with Crippen molar-refractivity contribution in [2.75, 3.05) is 17.7 Å². The predicted molar refractivity (Wildman–Crippen MR) is 70.0 cm³/mol. The predicted octanol–water partition coefficient (Wildman–Crippen LogP) is 2.49. The highest BCUT2D eigenvalue weighted by Gasteiger charge is 2.09. The second-order valence-electron chi connectivity index (χ2n) is 3.85. The van der Waals surface area contributed by atoms with Gasteiger partial charge in [0, 0.05) is 25.2 Å². The summed E-state index contributed by atoms with van der Waals surface area (Å²) in [7, 11) is 1.78.